The molecule has 0 aliphatic rings. The maximum Gasteiger partial charge on any atom is 0.127 e. The van der Waals surface area contributed by atoms with E-state index < -0.39 is 0 Å². The van der Waals surface area contributed by atoms with Gasteiger partial charge < -0.3 is 19.7 Å². The van der Waals surface area contributed by atoms with E-state index in [4.69, 9.17) is 14.6 Å². The van der Waals surface area contributed by atoms with Crippen LogP contribution in [-0.4, -0.2) is 36.6 Å². The first-order valence-corrected chi connectivity index (χ1v) is 6.19. The smallest absolute Gasteiger partial charge is 0.127 e. The lowest BCUT2D eigenvalue weighted by molar-refractivity contribution is 0.0698. The molecular formula is C12H17BrO4. The molecule has 1 rings (SSSR count). The van der Waals surface area contributed by atoms with Crippen molar-refractivity contribution in [1.29, 1.82) is 0 Å². The van der Waals surface area contributed by atoms with Crippen molar-refractivity contribution in [3.63, 3.8) is 0 Å². The highest BCUT2D eigenvalue weighted by Gasteiger charge is 2.08. The summed E-state index contributed by atoms with van der Waals surface area (Å²) in [5.74, 6) is 0.697. The Labute approximate surface area is 109 Å². The third-order valence-corrected chi connectivity index (χ3v) is 2.65. The van der Waals surface area contributed by atoms with Crippen LogP contribution in [0.5, 0.6) is 5.75 Å². The van der Waals surface area contributed by atoms with Crippen LogP contribution in [-0.2, 0) is 11.3 Å². The Morgan fingerprint density at radius 1 is 1.18 bits per heavy atom. The van der Waals surface area contributed by atoms with Crippen LogP contribution in [0.15, 0.2) is 16.6 Å². The molecule has 0 unspecified atom stereocenters. The zero-order chi connectivity index (χ0) is 12.7. The van der Waals surface area contributed by atoms with Gasteiger partial charge >= 0.3 is 0 Å². The van der Waals surface area contributed by atoms with Gasteiger partial charge in [-0.3, -0.25) is 0 Å². The van der Waals surface area contributed by atoms with E-state index in [1.54, 1.807) is 0 Å². The summed E-state index contributed by atoms with van der Waals surface area (Å²) in [5.41, 5.74) is 1.71. The van der Waals surface area contributed by atoms with Crippen molar-refractivity contribution in [3.05, 3.63) is 27.7 Å². The third kappa shape index (κ3) is 4.63. The van der Waals surface area contributed by atoms with E-state index >= 15 is 0 Å². The molecule has 5 heteroatoms. The minimum atomic E-state index is -0.0624. The molecule has 0 atom stereocenters. The Hall–Kier alpha value is -0.620. The zero-order valence-electron chi connectivity index (χ0n) is 9.78. The van der Waals surface area contributed by atoms with Crippen molar-refractivity contribution >= 4 is 15.9 Å². The van der Waals surface area contributed by atoms with E-state index in [-0.39, 0.29) is 13.2 Å². The van der Waals surface area contributed by atoms with Crippen LogP contribution in [0, 0.1) is 6.92 Å². The van der Waals surface area contributed by atoms with Crippen LogP contribution >= 0.6 is 15.9 Å². The Morgan fingerprint density at radius 3 is 2.59 bits per heavy atom. The number of aliphatic hydroxyl groups excluding tert-OH is 2. The lowest BCUT2D eigenvalue weighted by Crippen LogP contribution is -2.10. The van der Waals surface area contributed by atoms with Crippen LogP contribution in [0.1, 0.15) is 11.1 Å². The lowest BCUT2D eigenvalue weighted by Gasteiger charge is -2.13. The van der Waals surface area contributed by atoms with Crippen LogP contribution in [0.25, 0.3) is 0 Å². The normalized spacial score (nSPS) is 10.6. The minimum Gasteiger partial charge on any atom is -0.491 e. The predicted octanol–water partition coefficient (Wildman–Crippen LogP) is 1.64. The summed E-state index contributed by atoms with van der Waals surface area (Å²) in [4.78, 5) is 0. The van der Waals surface area contributed by atoms with Crippen molar-refractivity contribution in [1.82, 2.24) is 0 Å². The molecule has 4 nitrogen and oxygen atoms in total. The van der Waals surface area contributed by atoms with Crippen LogP contribution in [0.4, 0.5) is 0 Å². The molecule has 0 amide bonds. The van der Waals surface area contributed by atoms with E-state index in [0.29, 0.717) is 25.6 Å². The molecule has 1 aromatic rings. The summed E-state index contributed by atoms with van der Waals surface area (Å²) < 4.78 is 11.6. The number of benzene rings is 1. The fourth-order valence-electron chi connectivity index (χ4n) is 1.49. The van der Waals surface area contributed by atoms with Gasteiger partial charge in [-0.05, 0) is 24.6 Å². The molecule has 0 spiro atoms. The molecule has 0 saturated heterocycles. The first-order chi connectivity index (χ1) is 8.19. The molecule has 0 fully saturated rings. The second-order valence-electron chi connectivity index (χ2n) is 3.55. The number of aliphatic hydroxyl groups is 2. The van der Waals surface area contributed by atoms with Crippen LogP contribution in [0.3, 0.4) is 0 Å². The molecule has 0 aliphatic carbocycles. The van der Waals surface area contributed by atoms with Gasteiger partial charge in [0, 0.05) is 10.0 Å². The molecule has 0 heterocycles. The Balaban J connectivity index is 2.57. The van der Waals surface area contributed by atoms with Gasteiger partial charge in [0.1, 0.15) is 12.4 Å². The number of hydrogen-bond donors (Lipinski definition) is 2. The third-order valence-electron chi connectivity index (χ3n) is 2.20. The fraction of sp³-hybridized carbons (Fsp3) is 0.500. The van der Waals surface area contributed by atoms with Gasteiger partial charge in [-0.1, -0.05) is 15.9 Å². The molecular weight excluding hydrogens is 288 g/mol. The van der Waals surface area contributed by atoms with Gasteiger partial charge in [0.15, 0.2) is 0 Å². The van der Waals surface area contributed by atoms with Gasteiger partial charge in [-0.15, -0.1) is 0 Å². The van der Waals surface area contributed by atoms with Crippen LogP contribution < -0.4 is 4.74 Å². The average molecular weight is 305 g/mol. The van der Waals surface area contributed by atoms with Gasteiger partial charge in [0.05, 0.1) is 26.4 Å². The van der Waals surface area contributed by atoms with Crippen molar-refractivity contribution in [2.24, 2.45) is 0 Å². The minimum absolute atomic E-state index is 0.0131. The van der Waals surface area contributed by atoms with E-state index in [2.05, 4.69) is 15.9 Å². The molecule has 2 N–H and O–H groups in total. The predicted molar refractivity (Wildman–Crippen MR) is 68.2 cm³/mol. The van der Waals surface area contributed by atoms with Crippen molar-refractivity contribution in [3.8, 4) is 5.75 Å². The number of hydrogen-bond acceptors (Lipinski definition) is 4. The van der Waals surface area contributed by atoms with Gasteiger partial charge in [0.25, 0.3) is 0 Å². The molecule has 0 radical (unpaired) electrons. The molecule has 0 aromatic heterocycles. The summed E-state index contributed by atoms with van der Waals surface area (Å²) >= 11 is 3.37. The molecule has 0 bridgehead atoms. The zero-order valence-corrected chi connectivity index (χ0v) is 11.4. The number of halogens is 1. The van der Waals surface area contributed by atoms with Gasteiger partial charge in [-0.2, -0.15) is 0 Å². The Kier molecular flexibility index (Phi) is 6.50. The maximum absolute atomic E-state index is 9.24. The molecule has 0 saturated carbocycles. The van der Waals surface area contributed by atoms with E-state index in [1.807, 2.05) is 19.1 Å². The fourth-order valence-corrected chi connectivity index (χ4v) is 2.11. The van der Waals surface area contributed by atoms with E-state index in [9.17, 15) is 5.11 Å². The molecule has 96 valence electrons. The topological polar surface area (TPSA) is 58.9 Å². The van der Waals surface area contributed by atoms with Gasteiger partial charge in [0.2, 0.25) is 0 Å². The lowest BCUT2D eigenvalue weighted by atomic mass is 10.1. The summed E-state index contributed by atoms with van der Waals surface area (Å²) in [6, 6.07) is 3.76. The quantitative estimate of drug-likeness (QED) is 0.752. The first-order valence-electron chi connectivity index (χ1n) is 5.40. The highest BCUT2D eigenvalue weighted by molar-refractivity contribution is 9.10. The monoisotopic (exact) mass is 304 g/mol. The molecule has 17 heavy (non-hydrogen) atoms. The highest BCUT2D eigenvalue weighted by atomic mass is 79.9. The summed E-state index contributed by atoms with van der Waals surface area (Å²) in [7, 11) is 0. The van der Waals surface area contributed by atoms with Gasteiger partial charge in [-0.25, -0.2) is 0 Å². The summed E-state index contributed by atoms with van der Waals surface area (Å²) in [6.07, 6.45) is 0. The Morgan fingerprint density at radius 2 is 1.94 bits per heavy atom. The number of ether oxygens (including phenoxy) is 2. The number of aryl methyl sites for hydroxylation is 1. The second-order valence-corrected chi connectivity index (χ2v) is 4.47. The number of rotatable bonds is 7. The average Bonchev–Trinajstić information content (AvgIpc) is 2.30. The van der Waals surface area contributed by atoms with Crippen molar-refractivity contribution < 1.29 is 19.7 Å². The van der Waals surface area contributed by atoms with Crippen molar-refractivity contribution in [2.45, 2.75) is 13.5 Å². The standard InChI is InChI=1S/C12H17BrO4/c1-9-6-11(13)7-10(8-15)12(9)17-5-4-16-3-2-14/h6-7,14-15H,2-5,8H2,1H3. The largest absolute Gasteiger partial charge is 0.491 e. The SMILES string of the molecule is Cc1cc(Br)cc(CO)c1OCCOCCO. The van der Waals surface area contributed by atoms with Crippen LogP contribution in [0.2, 0.25) is 0 Å². The highest BCUT2D eigenvalue weighted by Crippen LogP contribution is 2.28. The summed E-state index contributed by atoms with van der Waals surface area (Å²) in [6.45, 7) is 3.01. The molecule has 1 aromatic carbocycles. The van der Waals surface area contributed by atoms with E-state index in [0.717, 1.165) is 15.6 Å². The first kappa shape index (κ1) is 14.4. The summed E-state index contributed by atoms with van der Waals surface area (Å²) in [5, 5.41) is 17.8. The second kappa shape index (κ2) is 7.66. The Bertz CT molecular complexity index is 355. The molecule has 0 aliphatic heterocycles. The van der Waals surface area contributed by atoms with Crippen molar-refractivity contribution in [2.75, 3.05) is 26.4 Å². The maximum atomic E-state index is 9.24. The van der Waals surface area contributed by atoms with E-state index in [1.165, 1.54) is 0 Å².